The first-order valence-electron chi connectivity index (χ1n) is 10.2. The number of aryl methyl sites for hydroxylation is 2. The topological polar surface area (TPSA) is 17.1 Å². The van der Waals surface area contributed by atoms with Crippen LogP contribution in [0.1, 0.15) is 99.7 Å². The van der Waals surface area contributed by atoms with Crippen molar-refractivity contribution in [3.8, 4) is 0 Å². The number of carbonyl (C=O) groups excluding carboxylic acids is 1. The Balaban J connectivity index is 1.79. The average Bonchev–Trinajstić information content (AvgIpc) is 2.49. The Morgan fingerprint density at radius 2 is 1.08 bits per heavy atom. The molecule has 0 heterocycles. The van der Waals surface area contributed by atoms with Gasteiger partial charge in [0.1, 0.15) is 0 Å². The Bertz CT molecular complexity index is 795. The lowest BCUT2D eigenvalue weighted by molar-refractivity contribution is 0.103. The highest BCUT2D eigenvalue weighted by atomic mass is 16.1. The zero-order chi connectivity index (χ0) is 18.4. The number of hydrogen-bond acceptors (Lipinski definition) is 1. The summed E-state index contributed by atoms with van der Waals surface area (Å²) in [7, 11) is 0. The molecular formula is C25H30O. The van der Waals surface area contributed by atoms with Crippen LogP contribution >= 0.6 is 0 Å². The number of carbonyl (C=O) groups is 1. The Morgan fingerprint density at radius 1 is 0.692 bits per heavy atom. The van der Waals surface area contributed by atoms with Crippen LogP contribution in [0.4, 0.5) is 0 Å². The molecule has 2 fully saturated rings. The van der Waals surface area contributed by atoms with E-state index in [9.17, 15) is 4.79 Å². The molecule has 2 saturated carbocycles. The van der Waals surface area contributed by atoms with Crippen LogP contribution in [0.3, 0.4) is 0 Å². The molecule has 2 aromatic carbocycles. The molecule has 0 N–H and O–H groups in total. The minimum Gasteiger partial charge on any atom is -0.289 e. The van der Waals surface area contributed by atoms with Crippen molar-refractivity contribution in [2.24, 2.45) is 0 Å². The fourth-order valence-electron chi connectivity index (χ4n) is 4.68. The maximum absolute atomic E-state index is 13.6. The van der Waals surface area contributed by atoms with Gasteiger partial charge in [0.15, 0.2) is 5.78 Å². The van der Waals surface area contributed by atoms with Gasteiger partial charge in [-0.3, -0.25) is 4.79 Å². The van der Waals surface area contributed by atoms with Crippen LogP contribution in [0.2, 0.25) is 0 Å². The van der Waals surface area contributed by atoms with Crippen LogP contribution in [0, 0.1) is 27.7 Å². The summed E-state index contributed by atoms with van der Waals surface area (Å²) in [6.45, 7) is 8.55. The van der Waals surface area contributed by atoms with Gasteiger partial charge < -0.3 is 0 Å². The molecule has 1 heteroatoms. The molecular weight excluding hydrogens is 316 g/mol. The summed E-state index contributed by atoms with van der Waals surface area (Å²) in [6, 6.07) is 8.81. The highest BCUT2D eigenvalue weighted by molar-refractivity contribution is 6.11. The van der Waals surface area contributed by atoms with Crippen molar-refractivity contribution in [3.63, 3.8) is 0 Å². The Hall–Kier alpha value is -1.89. The summed E-state index contributed by atoms with van der Waals surface area (Å²) in [4.78, 5) is 13.6. The van der Waals surface area contributed by atoms with E-state index in [1.54, 1.807) is 0 Å². The molecule has 0 radical (unpaired) electrons. The Labute approximate surface area is 157 Å². The lowest BCUT2D eigenvalue weighted by Crippen LogP contribution is -2.16. The molecule has 2 aliphatic carbocycles. The van der Waals surface area contributed by atoms with Gasteiger partial charge in [0.2, 0.25) is 0 Å². The highest BCUT2D eigenvalue weighted by Gasteiger charge is 2.27. The zero-order valence-electron chi connectivity index (χ0n) is 16.6. The normalized spacial score (nSPS) is 17.7. The van der Waals surface area contributed by atoms with Crippen molar-refractivity contribution < 1.29 is 4.79 Å². The largest absolute Gasteiger partial charge is 0.289 e. The molecule has 0 spiro atoms. The van der Waals surface area contributed by atoms with Crippen molar-refractivity contribution in [1.82, 2.24) is 0 Å². The standard InChI is InChI=1S/C25H30O/c1-15-11-21(19-7-5-8-19)17(3)23(13-15)25(26)24-14-16(2)12-22(18(24)4)20-9-6-10-20/h11-14,19-20H,5-10H2,1-4H3. The number of benzene rings is 2. The number of ketones is 1. The van der Waals surface area contributed by atoms with Gasteiger partial charge in [0, 0.05) is 11.1 Å². The van der Waals surface area contributed by atoms with Crippen LogP contribution in [-0.4, -0.2) is 5.78 Å². The van der Waals surface area contributed by atoms with Crippen LogP contribution in [0.15, 0.2) is 24.3 Å². The Morgan fingerprint density at radius 3 is 1.38 bits per heavy atom. The van der Waals surface area contributed by atoms with E-state index < -0.39 is 0 Å². The van der Waals surface area contributed by atoms with Crippen LogP contribution < -0.4 is 0 Å². The molecule has 136 valence electrons. The summed E-state index contributed by atoms with van der Waals surface area (Å²) >= 11 is 0. The van der Waals surface area contributed by atoms with Crippen LogP contribution in [0.5, 0.6) is 0 Å². The van der Waals surface area contributed by atoms with E-state index in [0.29, 0.717) is 11.8 Å². The van der Waals surface area contributed by atoms with Crippen molar-refractivity contribution in [2.45, 2.75) is 78.1 Å². The maximum atomic E-state index is 13.6. The third kappa shape index (κ3) is 2.92. The molecule has 0 amide bonds. The SMILES string of the molecule is Cc1cc(C(=O)c2cc(C)cc(C3CCC3)c2C)c(C)c(C2CCC2)c1. The van der Waals surface area contributed by atoms with E-state index in [1.807, 2.05) is 0 Å². The second kappa shape index (κ2) is 6.68. The minimum atomic E-state index is 0.216. The first-order valence-corrected chi connectivity index (χ1v) is 10.2. The first kappa shape index (κ1) is 17.5. The molecule has 0 atom stereocenters. The van der Waals surface area contributed by atoms with Crippen LogP contribution in [-0.2, 0) is 0 Å². The van der Waals surface area contributed by atoms with E-state index in [-0.39, 0.29) is 5.78 Å². The van der Waals surface area contributed by atoms with Gasteiger partial charge >= 0.3 is 0 Å². The lowest BCUT2D eigenvalue weighted by Gasteiger charge is -2.29. The summed E-state index contributed by atoms with van der Waals surface area (Å²) in [5.41, 5.74) is 9.48. The Kier molecular flexibility index (Phi) is 4.50. The van der Waals surface area contributed by atoms with E-state index >= 15 is 0 Å². The first-order chi connectivity index (χ1) is 12.5. The summed E-state index contributed by atoms with van der Waals surface area (Å²) in [5, 5.41) is 0. The van der Waals surface area contributed by atoms with Crippen molar-refractivity contribution >= 4 is 5.78 Å². The van der Waals surface area contributed by atoms with E-state index in [4.69, 9.17) is 0 Å². The fourth-order valence-corrected chi connectivity index (χ4v) is 4.68. The van der Waals surface area contributed by atoms with Gasteiger partial charge in [0.25, 0.3) is 0 Å². The highest BCUT2D eigenvalue weighted by Crippen LogP contribution is 2.41. The predicted molar refractivity (Wildman–Crippen MR) is 108 cm³/mol. The molecule has 0 aliphatic heterocycles. The lowest BCUT2D eigenvalue weighted by atomic mass is 9.75. The predicted octanol–water partition coefficient (Wildman–Crippen LogP) is 6.69. The minimum absolute atomic E-state index is 0.216. The molecule has 0 bridgehead atoms. The van der Waals surface area contributed by atoms with Gasteiger partial charge in [-0.15, -0.1) is 0 Å². The average molecular weight is 347 g/mol. The third-order valence-electron chi connectivity index (χ3n) is 6.76. The monoisotopic (exact) mass is 346 g/mol. The molecule has 26 heavy (non-hydrogen) atoms. The van der Waals surface area contributed by atoms with E-state index in [1.165, 1.54) is 71.9 Å². The molecule has 2 aliphatic rings. The van der Waals surface area contributed by atoms with Gasteiger partial charge in [-0.1, -0.05) is 36.1 Å². The van der Waals surface area contributed by atoms with Crippen molar-refractivity contribution in [2.75, 3.05) is 0 Å². The van der Waals surface area contributed by atoms with E-state index in [0.717, 1.165) is 11.1 Å². The molecule has 0 aromatic heterocycles. The zero-order valence-corrected chi connectivity index (χ0v) is 16.6. The molecule has 4 rings (SSSR count). The molecule has 0 saturated heterocycles. The number of rotatable bonds is 4. The quantitative estimate of drug-likeness (QED) is 0.564. The summed E-state index contributed by atoms with van der Waals surface area (Å²) in [6.07, 6.45) is 7.73. The van der Waals surface area contributed by atoms with Gasteiger partial charge in [-0.2, -0.15) is 0 Å². The summed E-state index contributed by atoms with van der Waals surface area (Å²) in [5.74, 6) is 1.53. The second-order valence-corrected chi connectivity index (χ2v) is 8.64. The molecule has 2 aromatic rings. The summed E-state index contributed by atoms with van der Waals surface area (Å²) < 4.78 is 0. The smallest absolute Gasteiger partial charge is 0.193 e. The van der Waals surface area contributed by atoms with Crippen molar-refractivity contribution in [3.05, 3.63) is 68.8 Å². The third-order valence-corrected chi connectivity index (χ3v) is 6.76. The van der Waals surface area contributed by atoms with Gasteiger partial charge in [-0.05, 0) is 99.6 Å². The maximum Gasteiger partial charge on any atom is 0.193 e. The number of hydrogen-bond donors (Lipinski definition) is 0. The molecule has 0 unspecified atom stereocenters. The van der Waals surface area contributed by atoms with Crippen LogP contribution in [0.25, 0.3) is 0 Å². The van der Waals surface area contributed by atoms with E-state index in [2.05, 4.69) is 52.0 Å². The van der Waals surface area contributed by atoms with Crippen molar-refractivity contribution in [1.29, 1.82) is 0 Å². The fraction of sp³-hybridized carbons (Fsp3) is 0.480. The van der Waals surface area contributed by atoms with Gasteiger partial charge in [-0.25, -0.2) is 0 Å². The second-order valence-electron chi connectivity index (χ2n) is 8.64. The molecule has 1 nitrogen and oxygen atoms in total. The van der Waals surface area contributed by atoms with Gasteiger partial charge in [0.05, 0.1) is 0 Å².